The molecule has 0 bridgehead atoms. The van der Waals surface area contributed by atoms with Gasteiger partial charge in [0.05, 0.1) is 7.11 Å². The molecule has 0 spiro atoms. The van der Waals surface area contributed by atoms with E-state index in [1.54, 1.807) is 19.2 Å². The summed E-state index contributed by atoms with van der Waals surface area (Å²) in [6, 6.07) is 23.7. The summed E-state index contributed by atoms with van der Waals surface area (Å²) in [6.07, 6.45) is 2.25. The van der Waals surface area contributed by atoms with Crippen LogP contribution in [0.1, 0.15) is 12.0 Å². The molecule has 1 aliphatic rings. The van der Waals surface area contributed by atoms with Crippen LogP contribution < -0.4 is 19.7 Å². The van der Waals surface area contributed by atoms with Crippen LogP contribution in [0.3, 0.4) is 0 Å². The van der Waals surface area contributed by atoms with Crippen molar-refractivity contribution in [2.75, 3.05) is 30.5 Å². The lowest BCUT2D eigenvalue weighted by Crippen LogP contribution is -2.24. The fourth-order valence-corrected chi connectivity index (χ4v) is 3.60. The monoisotopic (exact) mass is 388 g/mol. The minimum absolute atomic E-state index is 0.0817. The number of amides is 1. The van der Waals surface area contributed by atoms with Crippen LogP contribution >= 0.6 is 0 Å². The number of ether oxygens (including phenoxy) is 2. The van der Waals surface area contributed by atoms with Crippen molar-refractivity contribution in [2.24, 2.45) is 0 Å². The van der Waals surface area contributed by atoms with Gasteiger partial charge in [-0.3, -0.25) is 4.79 Å². The topological polar surface area (TPSA) is 50.8 Å². The van der Waals surface area contributed by atoms with E-state index in [4.69, 9.17) is 9.47 Å². The number of carbonyl (C=O) groups excluding carboxylic acids is 1. The molecule has 0 fully saturated rings. The van der Waals surface area contributed by atoms with Crippen LogP contribution in [0, 0.1) is 0 Å². The molecule has 1 aliphatic heterocycles. The minimum Gasteiger partial charge on any atom is -0.493 e. The Labute approximate surface area is 170 Å². The second kappa shape index (κ2) is 8.69. The van der Waals surface area contributed by atoms with Crippen molar-refractivity contribution in [1.82, 2.24) is 0 Å². The molecule has 1 heterocycles. The Kier molecular flexibility index (Phi) is 5.66. The van der Waals surface area contributed by atoms with E-state index >= 15 is 0 Å². The summed E-state index contributed by atoms with van der Waals surface area (Å²) in [7, 11) is 1.57. The van der Waals surface area contributed by atoms with Crippen LogP contribution in [0.5, 0.6) is 11.5 Å². The Morgan fingerprint density at radius 3 is 2.48 bits per heavy atom. The molecule has 0 atom stereocenters. The lowest BCUT2D eigenvalue weighted by molar-refractivity contribution is -0.118. The highest BCUT2D eigenvalue weighted by Crippen LogP contribution is 2.33. The van der Waals surface area contributed by atoms with E-state index in [1.807, 2.05) is 36.4 Å². The minimum atomic E-state index is -0.216. The zero-order chi connectivity index (χ0) is 20.1. The molecule has 4 rings (SSSR count). The largest absolute Gasteiger partial charge is 0.493 e. The lowest BCUT2D eigenvalue weighted by atomic mass is 10.0. The third kappa shape index (κ3) is 4.35. The number of nitrogens with one attached hydrogen (secondary N) is 1. The van der Waals surface area contributed by atoms with E-state index in [2.05, 4.69) is 34.5 Å². The molecule has 1 amide bonds. The Bertz CT molecular complexity index is 985. The van der Waals surface area contributed by atoms with Crippen LogP contribution in [-0.2, 0) is 11.2 Å². The number of nitrogens with zero attached hydrogens (tertiary/aromatic N) is 1. The van der Waals surface area contributed by atoms with E-state index in [0.717, 1.165) is 30.8 Å². The van der Waals surface area contributed by atoms with Crippen LogP contribution in [0.2, 0.25) is 0 Å². The van der Waals surface area contributed by atoms with Gasteiger partial charge in [-0.2, -0.15) is 0 Å². The summed E-state index contributed by atoms with van der Waals surface area (Å²) >= 11 is 0. The molecule has 5 heteroatoms. The van der Waals surface area contributed by atoms with E-state index < -0.39 is 0 Å². The van der Waals surface area contributed by atoms with Gasteiger partial charge in [0.2, 0.25) is 0 Å². The number of anilines is 3. The van der Waals surface area contributed by atoms with Crippen LogP contribution in [0.25, 0.3) is 0 Å². The fourth-order valence-electron chi connectivity index (χ4n) is 3.60. The van der Waals surface area contributed by atoms with Gasteiger partial charge in [0, 0.05) is 23.6 Å². The molecule has 5 nitrogen and oxygen atoms in total. The lowest BCUT2D eigenvalue weighted by Gasteiger charge is -2.31. The van der Waals surface area contributed by atoms with Crippen LogP contribution in [0.15, 0.2) is 72.8 Å². The first-order chi connectivity index (χ1) is 14.2. The van der Waals surface area contributed by atoms with Gasteiger partial charge in [-0.15, -0.1) is 0 Å². The Morgan fingerprint density at radius 2 is 1.69 bits per heavy atom. The van der Waals surface area contributed by atoms with Crippen molar-refractivity contribution < 1.29 is 14.3 Å². The maximum Gasteiger partial charge on any atom is 0.262 e. The number of benzene rings is 3. The highest BCUT2D eigenvalue weighted by Gasteiger charge is 2.17. The quantitative estimate of drug-likeness (QED) is 0.659. The number of carbonyl (C=O) groups is 1. The first-order valence-corrected chi connectivity index (χ1v) is 9.76. The smallest absolute Gasteiger partial charge is 0.262 e. The van der Waals surface area contributed by atoms with Crippen molar-refractivity contribution >= 4 is 23.0 Å². The molecule has 29 heavy (non-hydrogen) atoms. The SMILES string of the molecule is COc1ccccc1OCC(=O)Nc1ccc(N2CCCc3ccccc32)cc1. The molecular formula is C24H24N2O3. The first-order valence-electron chi connectivity index (χ1n) is 9.76. The van der Waals surface area contributed by atoms with E-state index in [9.17, 15) is 4.79 Å². The summed E-state index contributed by atoms with van der Waals surface area (Å²) in [4.78, 5) is 14.6. The number of hydrogen-bond acceptors (Lipinski definition) is 4. The molecule has 1 N–H and O–H groups in total. The van der Waals surface area contributed by atoms with Crippen molar-refractivity contribution in [2.45, 2.75) is 12.8 Å². The third-order valence-corrected chi connectivity index (χ3v) is 5.00. The normalized spacial score (nSPS) is 12.8. The zero-order valence-electron chi connectivity index (χ0n) is 16.4. The van der Waals surface area contributed by atoms with Gasteiger partial charge >= 0.3 is 0 Å². The van der Waals surface area contributed by atoms with Gasteiger partial charge in [-0.25, -0.2) is 0 Å². The summed E-state index contributed by atoms with van der Waals surface area (Å²) in [5.74, 6) is 0.933. The maximum absolute atomic E-state index is 12.2. The van der Waals surface area contributed by atoms with Gasteiger partial charge in [-0.1, -0.05) is 30.3 Å². The zero-order valence-corrected chi connectivity index (χ0v) is 16.4. The molecule has 3 aromatic rings. The summed E-state index contributed by atoms with van der Waals surface area (Å²) in [5, 5.41) is 2.88. The highest BCUT2D eigenvalue weighted by molar-refractivity contribution is 5.92. The molecule has 0 aliphatic carbocycles. The Morgan fingerprint density at radius 1 is 0.966 bits per heavy atom. The van der Waals surface area contributed by atoms with Gasteiger partial charge < -0.3 is 19.7 Å². The van der Waals surface area contributed by atoms with Gasteiger partial charge in [-0.05, 0) is 60.9 Å². The fraction of sp³-hybridized carbons (Fsp3) is 0.208. The number of para-hydroxylation sites is 3. The number of aryl methyl sites for hydroxylation is 1. The Balaban J connectivity index is 1.38. The number of fused-ring (bicyclic) bond motifs is 1. The second-order valence-electron chi connectivity index (χ2n) is 6.92. The standard InChI is InChI=1S/C24H24N2O3/c1-28-22-10-4-5-11-23(22)29-17-24(27)25-19-12-14-20(15-13-19)26-16-6-8-18-7-2-3-9-21(18)26/h2-5,7,9-15H,6,8,16-17H2,1H3,(H,25,27). The highest BCUT2D eigenvalue weighted by atomic mass is 16.5. The third-order valence-electron chi connectivity index (χ3n) is 5.00. The van der Waals surface area contributed by atoms with E-state index in [1.165, 1.54) is 11.3 Å². The predicted molar refractivity (Wildman–Crippen MR) is 115 cm³/mol. The van der Waals surface area contributed by atoms with Crippen LogP contribution in [0.4, 0.5) is 17.1 Å². The molecule has 0 radical (unpaired) electrons. The molecular weight excluding hydrogens is 364 g/mol. The van der Waals surface area contributed by atoms with Gasteiger partial charge in [0.15, 0.2) is 18.1 Å². The van der Waals surface area contributed by atoms with Crippen molar-refractivity contribution in [1.29, 1.82) is 0 Å². The molecule has 0 aromatic heterocycles. The van der Waals surface area contributed by atoms with E-state index in [-0.39, 0.29) is 12.5 Å². The average Bonchev–Trinajstić information content (AvgIpc) is 2.78. The van der Waals surface area contributed by atoms with Crippen molar-refractivity contribution in [3.8, 4) is 11.5 Å². The average molecular weight is 388 g/mol. The number of methoxy groups -OCH3 is 1. The predicted octanol–water partition coefficient (Wildman–Crippen LogP) is 4.80. The first kappa shape index (κ1) is 18.9. The molecule has 0 unspecified atom stereocenters. The molecule has 3 aromatic carbocycles. The summed E-state index contributed by atoms with van der Waals surface area (Å²) in [5.41, 5.74) is 4.51. The van der Waals surface area contributed by atoms with Crippen molar-refractivity contribution in [3.63, 3.8) is 0 Å². The number of rotatable bonds is 6. The van der Waals surface area contributed by atoms with Crippen molar-refractivity contribution in [3.05, 3.63) is 78.4 Å². The maximum atomic E-state index is 12.2. The molecule has 148 valence electrons. The summed E-state index contributed by atoms with van der Waals surface area (Å²) < 4.78 is 10.8. The number of hydrogen-bond donors (Lipinski definition) is 1. The van der Waals surface area contributed by atoms with Gasteiger partial charge in [0.25, 0.3) is 5.91 Å². The second-order valence-corrected chi connectivity index (χ2v) is 6.92. The van der Waals surface area contributed by atoms with Gasteiger partial charge in [0.1, 0.15) is 0 Å². The molecule has 0 saturated heterocycles. The Hall–Kier alpha value is -3.47. The van der Waals surface area contributed by atoms with E-state index in [0.29, 0.717) is 11.5 Å². The van der Waals surface area contributed by atoms with Crippen LogP contribution in [-0.4, -0.2) is 26.2 Å². The summed E-state index contributed by atoms with van der Waals surface area (Å²) in [6.45, 7) is 0.914. The molecule has 0 saturated carbocycles.